The van der Waals surface area contributed by atoms with Crippen LogP contribution in [-0.4, -0.2) is 16.7 Å². The molecule has 0 aliphatic heterocycles. The third kappa shape index (κ3) is 1.82. The minimum absolute atomic E-state index is 0.447. The van der Waals surface area contributed by atoms with E-state index in [1.165, 1.54) is 19.3 Å². The lowest BCUT2D eigenvalue weighted by Crippen LogP contribution is -2.33. The summed E-state index contributed by atoms with van der Waals surface area (Å²) in [5.41, 5.74) is 0.447. The van der Waals surface area contributed by atoms with Gasteiger partial charge in [0.1, 0.15) is 0 Å². The highest BCUT2D eigenvalue weighted by molar-refractivity contribution is 5.19. The third-order valence-corrected chi connectivity index (χ3v) is 2.75. The van der Waals surface area contributed by atoms with Gasteiger partial charge in [-0.2, -0.15) is 4.98 Å². The lowest BCUT2D eigenvalue weighted by molar-refractivity contribution is 0.178. The lowest BCUT2D eigenvalue weighted by Gasteiger charge is -2.38. The Kier molecular flexibility index (Phi) is 1.98. The van der Waals surface area contributed by atoms with Crippen molar-refractivity contribution < 1.29 is 4.52 Å². The van der Waals surface area contributed by atoms with Crippen LogP contribution >= 0.6 is 0 Å². The second-order valence-corrected chi connectivity index (χ2v) is 4.16. The highest BCUT2D eigenvalue weighted by atomic mass is 16.5. The monoisotopic (exact) mass is 181 g/mol. The first kappa shape index (κ1) is 8.53. The van der Waals surface area contributed by atoms with E-state index < -0.39 is 0 Å². The summed E-state index contributed by atoms with van der Waals surface area (Å²) in [6.45, 7) is 5.04. The summed E-state index contributed by atoms with van der Waals surface area (Å²) in [4.78, 5) is 4.08. The fourth-order valence-corrected chi connectivity index (χ4v) is 1.61. The molecule has 0 amide bonds. The molecule has 1 aromatic heterocycles. The number of rotatable bonds is 3. The number of nitrogens with zero attached hydrogens (tertiary/aromatic N) is 2. The molecule has 0 saturated heterocycles. The minimum Gasteiger partial charge on any atom is -0.337 e. The Labute approximate surface area is 77.7 Å². The van der Waals surface area contributed by atoms with Crippen molar-refractivity contribution in [2.24, 2.45) is 5.41 Å². The third-order valence-electron chi connectivity index (χ3n) is 2.75. The second-order valence-electron chi connectivity index (χ2n) is 4.16. The fraction of sp³-hybridized carbons (Fsp3) is 0.778. The van der Waals surface area contributed by atoms with Crippen molar-refractivity contribution >= 4 is 6.01 Å². The molecule has 13 heavy (non-hydrogen) atoms. The molecule has 1 N–H and O–H groups in total. The van der Waals surface area contributed by atoms with Crippen LogP contribution in [0.1, 0.15) is 32.0 Å². The molecule has 1 aliphatic carbocycles. The summed E-state index contributed by atoms with van der Waals surface area (Å²) >= 11 is 0. The Morgan fingerprint density at radius 1 is 1.54 bits per heavy atom. The summed E-state index contributed by atoms with van der Waals surface area (Å²) in [6.07, 6.45) is 3.95. The predicted octanol–water partition coefficient (Wildman–Crippen LogP) is 1.98. The number of hydrogen-bond acceptors (Lipinski definition) is 4. The molecular formula is C9H15N3O. The van der Waals surface area contributed by atoms with Crippen LogP contribution in [-0.2, 0) is 0 Å². The molecule has 0 radical (unpaired) electrons. The molecule has 0 spiro atoms. The van der Waals surface area contributed by atoms with Crippen molar-refractivity contribution in [2.75, 3.05) is 11.9 Å². The zero-order chi connectivity index (χ0) is 9.31. The Balaban J connectivity index is 1.85. The first-order valence-corrected chi connectivity index (χ1v) is 4.72. The summed E-state index contributed by atoms with van der Waals surface area (Å²) in [5.74, 6) is 0.682. The smallest absolute Gasteiger partial charge is 0.321 e. The maximum absolute atomic E-state index is 4.96. The van der Waals surface area contributed by atoms with Crippen molar-refractivity contribution in [1.82, 2.24) is 10.1 Å². The van der Waals surface area contributed by atoms with E-state index in [-0.39, 0.29) is 0 Å². The van der Waals surface area contributed by atoms with Gasteiger partial charge >= 0.3 is 6.01 Å². The molecule has 0 bridgehead atoms. The first-order valence-electron chi connectivity index (χ1n) is 4.72. The van der Waals surface area contributed by atoms with Crippen LogP contribution in [0, 0.1) is 12.3 Å². The zero-order valence-corrected chi connectivity index (χ0v) is 8.13. The molecule has 4 nitrogen and oxygen atoms in total. The molecule has 1 heterocycles. The SMILES string of the molecule is Cc1noc(NCC2(C)CCC2)n1. The van der Waals surface area contributed by atoms with Crippen molar-refractivity contribution in [1.29, 1.82) is 0 Å². The van der Waals surface area contributed by atoms with Gasteiger partial charge in [0, 0.05) is 6.54 Å². The lowest BCUT2D eigenvalue weighted by atomic mass is 9.70. The van der Waals surface area contributed by atoms with Crippen LogP contribution in [0.3, 0.4) is 0 Å². The standard InChI is InChI=1S/C9H15N3O/c1-7-11-8(13-12-7)10-6-9(2)4-3-5-9/h3-6H2,1-2H3,(H,10,11,12). The fourth-order valence-electron chi connectivity index (χ4n) is 1.61. The quantitative estimate of drug-likeness (QED) is 0.774. The van der Waals surface area contributed by atoms with Crippen molar-refractivity contribution in [3.05, 3.63) is 5.82 Å². The number of aryl methyl sites for hydroxylation is 1. The van der Waals surface area contributed by atoms with E-state index in [0.29, 0.717) is 17.3 Å². The predicted molar refractivity (Wildman–Crippen MR) is 49.5 cm³/mol. The van der Waals surface area contributed by atoms with Gasteiger partial charge in [0.25, 0.3) is 0 Å². The first-order chi connectivity index (χ1) is 6.18. The molecule has 0 aromatic carbocycles. The van der Waals surface area contributed by atoms with Gasteiger partial charge in [0.05, 0.1) is 0 Å². The highest BCUT2D eigenvalue weighted by Gasteiger charge is 2.31. The summed E-state index contributed by atoms with van der Waals surface area (Å²) in [7, 11) is 0. The van der Waals surface area contributed by atoms with Gasteiger partial charge in [-0.1, -0.05) is 18.5 Å². The molecular weight excluding hydrogens is 166 g/mol. The maximum atomic E-state index is 4.96. The normalized spacial score (nSPS) is 19.5. The zero-order valence-electron chi connectivity index (χ0n) is 8.13. The Morgan fingerprint density at radius 3 is 2.77 bits per heavy atom. The van der Waals surface area contributed by atoms with Gasteiger partial charge in [0.15, 0.2) is 5.82 Å². The van der Waals surface area contributed by atoms with Gasteiger partial charge in [-0.3, -0.25) is 0 Å². The van der Waals surface area contributed by atoms with E-state index >= 15 is 0 Å². The molecule has 1 saturated carbocycles. The highest BCUT2D eigenvalue weighted by Crippen LogP contribution is 2.39. The number of aromatic nitrogens is 2. The molecule has 1 aliphatic rings. The molecule has 0 unspecified atom stereocenters. The second kappa shape index (κ2) is 3.01. The van der Waals surface area contributed by atoms with E-state index in [0.717, 1.165) is 6.54 Å². The van der Waals surface area contributed by atoms with Gasteiger partial charge in [-0.05, 0) is 25.2 Å². The topological polar surface area (TPSA) is 51.0 Å². The van der Waals surface area contributed by atoms with E-state index in [9.17, 15) is 0 Å². The van der Waals surface area contributed by atoms with Gasteiger partial charge in [-0.25, -0.2) is 0 Å². The van der Waals surface area contributed by atoms with E-state index in [4.69, 9.17) is 4.52 Å². The number of nitrogens with one attached hydrogen (secondary N) is 1. The molecule has 4 heteroatoms. The van der Waals surface area contributed by atoms with Crippen molar-refractivity contribution in [2.45, 2.75) is 33.1 Å². The van der Waals surface area contributed by atoms with Crippen LogP contribution in [0.25, 0.3) is 0 Å². The molecule has 1 fully saturated rings. The molecule has 0 atom stereocenters. The van der Waals surface area contributed by atoms with Crippen LogP contribution in [0.15, 0.2) is 4.52 Å². The van der Waals surface area contributed by atoms with E-state index in [1.54, 1.807) is 0 Å². The largest absolute Gasteiger partial charge is 0.337 e. The van der Waals surface area contributed by atoms with Gasteiger partial charge < -0.3 is 9.84 Å². The van der Waals surface area contributed by atoms with Crippen molar-refractivity contribution in [3.63, 3.8) is 0 Å². The number of anilines is 1. The van der Waals surface area contributed by atoms with Gasteiger partial charge in [0.2, 0.25) is 0 Å². The maximum Gasteiger partial charge on any atom is 0.321 e. The Hall–Kier alpha value is -1.06. The summed E-state index contributed by atoms with van der Waals surface area (Å²) in [5, 5.41) is 6.88. The van der Waals surface area contributed by atoms with Crippen LogP contribution in [0.5, 0.6) is 0 Å². The van der Waals surface area contributed by atoms with Crippen LogP contribution < -0.4 is 5.32 Å². The van der Waals surface area contributed by atoms with E-state index in [1.807, 2.05) is 6.92 Å². The summed E-state index contributed by atoms with van der Waals surface area (Å²) < 4.78 is 4.96. The molecule has 72 valence electrons. The Morgan fingerprint density at radius 2 is 2.31 bits per heavy atom. The molecule has 1 aromatic rings. The van der Waals surface area contributed by atoms with Crippen LogP contribution in [0.2, 0.25) is 0 Å². The Bertz CT molecular complexity index is 291. The van der Waals surface area contributed by atoms with E-state index in [2.05, 4.69) is 22.4 Å². The van der Waals surface area contributed by atoms with Crippen molar-refractivity contribution in [3.8, 4) is 0 Å². The average Bonchev–Trinajstić information content (AvgIpc) is 2.44. The molecule has 2 rings (SSSR count). The van der Waals surface area contributed by atoms with Crippen LogP contribution in [0.4, 0.5) is 6.01 Å². The summed E-state index contributed by atoms with van der Waals surface area (Å²) in [6, 6.07) is 0.547. The number of hydrogen-bond donors (Lipinski definition) is 1. The van der Waals surface area contributed by atoms with Gasteiger partial charge in [-0.15, -0.1) is 0 Å². The minimum atomic E-state index is 0.447. The average molecular weight is 181 g/mol.